The lowest BCUT2D eigenvalue weighted by atomic mass is 10.0. The number of halogens is 2. The molecule has 1 amide bonds. The maximum Gasteiger partial charge on any atom is 0.252 e. The molecule has 1 heterocycles. The summed E-state index contributed by atoms with van der Waals surface area (Å²) in [6.07, 6.45) is 0.842. The minimum atomic E-state index is -0.0269. The zero-order valence-corrected chi connectivity index (χ0v) is 14.1. The van der Waals surface area contributed by atoms with E-state index in [1.807, 2.05) is 35.7 Å². The van der Waals surface area contributed by atoms with Gasteiger partial charge >= 0.3 is 0 Å². The van der Waals surface area contributed by atoms with Crippen LogP contribution in [-0.4, -0.2) is 5.91 Å². The molecule has 1 aromatic carbocycles. The van der Waals surface area contributed by atoms with Gasteiger partial charge in [0, 0.05) is 10.4 Å². The Bertz CT molecular complexity index is 567. The number of carbonyl (C=O) groups excluding carboxylic acids is 1. The number of rotatable bonds is 4. The standard InChI is InChI=1S/C14H13ClINOS/c1-2-12(9-3-5-11(15)6-4-9)17-14(18)10-7-13(16)19-8-10/h3-8,12H,2H2,1H3,(H,17,18). The molecule has 2 aromatic rings. The largest absolute Gasteiger partial charge is 0.345 e. The van der Waals surface area contributed by atoms with Gasteiger partial charge in [-0.3, -0.25) is 4.79 Å². The zero-order valence-electron chi connectivity index (χ0n) is 10.3. The minimum absolute atomic E-state index is 0.0160. The van der Waals surface area contributed by atoms with E-state index < -0.39 is 0 Å². The Hall–Kier alpha value is -0.590. The first-order valence-corrected chi connectivity index (χ1v) is 8.24. The van der Waals surface area contributed by atoms with Crippen LogP contribution in [0.1, 0.15) is 35.3 Å². The van der Waals surface area contributed by atoms with E-state index in [1.54, 1.807) is 11.3 Å². The van der Waals surface area contributed by atoms with Gasteiger partial charge in [-0.15, -0.1) is 11.3 Å². The topological polar surface area (TPSA) is 29.1 Å². The molecule has 0 fully saturated rings. The van der Waals surface area contributed by atoms with Crippen molar-refractivity contribution in [2.24, 2.45) is 0 Å². The summed E-state index contributed by atoms with van der Waals surface area (Å²) in [5, 5.41) is 5.64. The van der Waals surface area contributed by atoms with Crippen LogP contribution in [0.15, 0.2) is 35.7 Å². The highest BCUT2D eigenvalue weighted by atomic mass is 127. The van der Waals surface area contributed by atoms with Crippen molar-refractivity contribution in [3.63, 3.8) is 0 Å². The van der Waals surface area contributed by atoms with Crippen molar-refractivity contribution in [2.45, 2.75) is 19.4 Å². The number of nitrogens with one attached hydrogen (secondary N) is 1. The van der Waals surface area contributed by atoms with Crippen LogP contribution in [0.2, 0.25) is 5.02 Å². The molecule has 0 aliphatic rings. The fraction of sp³-hybridized carbons (Fsp3) is 0.214. The minimum Gasteiger partial charge on any atom is -0.345 e. The smallest absolute Gasteiger partial charge is 0.252 e. The SMILES string of the molecule is CCC(NC(=O)c1csc(I)c1)c1ccc(Cl)cc1. The lowest BCUT2D eigenvalue weighted by molar-refractivity contribution is 0.0936. The second-order valence-corrected chi connectivity index (χ2v) is 7.37. The lowest BCUT2D eigenvalue weighted by Gasteiger charge is -2.17. The normalized spacial score (nSPS) is 12.2. The van der Waals surface area contributed by atoms with E-state index in [-0.39, 0.29) is 11.9 Å². The third kappa shape index (κ3) is 3.94. The van der Waals surface area contributed by atoms with Gasteiger partial charge in [-0.2, -0.15) is 0 Å². The van der Waals surface area contributed by atoms with Crippen molar-refractivity contribution in [3.05, 3.63) is 54.7 Å². The Balaban J connectivity index is 2.11. The molecule has 0 spiro atoms. The van der Waals surface area contributed by atoms with E-state index in [2.05, 4.69) is 34.8 Å². The molecule has 2 rings (SSSR count). The molecule has 0 radical (unpaired) electrons. The predicted molar refractivity (Wildman–Crippen MR) is 89.0 cm³/mol. The van der Waals surface area contributed by atoms with Crippen molar-refractivity contribution in [3.8, 4) is 0 Å². The van der Waals surface area contributed by atoms with E-state index in [1.165, 1.54) is 0 Å². The third-order valence-electron chi connectivity index (χ3n) is 2.82. The van der Waals surface area contributed by atoms with Crippen LogP contribution in [0, 0.1) is 2.88 Å². The van der Waals surface area contributed by atoms with Crippen LogP contribution in [0.5, 0.6) is 0 Å². The molecular weight excluding hydrogens is 393 g/mol. The summed E-state index contributed by atoms with van der Waals surface area (Å²) in [7, 11) is 0. The second kappa shape index (κ2) is 6.72. The van der Waals surface area contributed by atoms with Gasteiger partial charge in [0.2, 0.25) is 0 Å². The van der Waals surface area contributed by atoms with Crippen LogP contribution in [0.25, 0.3) is 0 Å². The number of carbonyl (C=O) groups is 1. The molecule has 1 unspecified atom stereocenters. The van der Waals surface area contributed by atoms with Crippen molar-refractivity contribution in [2.75, 3.05) is 0 Å². The number of hydrogen-bond donors (Lipinski definition) is 1. The highest BCUT2D eigenvalue weighted by Crippen LogP contribution is 2.21. The average molecular weight is 406 g/mol. The summed E-state index contributed by atoms with van der Waals surface area (Å²) >= 11 is 9.67. The summed E-state index contributed by atoms with van der Waals surface area (Å²) in [6.45, 7) is 2.05. The van der Waals surface area contributed by atoms with Crippen LogP contribution in [-0.2, 0) is 0 Å². The Labute approximate surface area is 135 Å². The summed E-state index contributed by atoms with van der Waals surface area (Å²) in [6, 6.07) is 9.51. The van der Waals surface area contributed by atoms with E-state index >= 15 is 0 Å². The molecule has 100 valence electrons. The van der Waals surface area contributed by atoms with Gasteiger partial charge in [-0.05, 0) is 52.8 Å². The molecule has 2 nitrogen and oxygen atoms in total. The first-order chi connectivity index (χ1) is 9.10. The Kier molecular flexibility index (Phi) is 5.24. The maximum absolute atomic E-state index is 12.1. The average Bonchev–Trinajstić information content (AvgIpc) is 2.84. The maximum atomic E-state index is 12.1. The van der Waals surface area contributed by atoms with Crippen LogP contribution in [0.3, 0.4) is 0 Å². The molecule has 0 saturated heterocycles. The van der Waals surface area contributed by atoms with Gasteiger partial charge < -0.3 is 5.32 Å². The second-order valence-electron chi connectivity index (χ2n) is 4.13. The van der Waals surface area contributed by atoms with E-state index in [4.69, 9.17) is 11.6 Å². The number of thiophene rings is 1. The van der Waals surface area contributed by atoms with Crippen molar-refractivity contribution >= 4 is 51.4 Å². The summed E-state index contributed by atoms with van der Waals surface area (Å²) < 4.78 is 1.11. The fourth-order valence-corrected chi connectivity index (χ4v) is 3.24. The summed E-state index contributed by atoms with van der Waals surface area (Å²) in [5.41, 5.74) is 1.80. The third-order valence-corrected chi connectivity index (χ3v) is 4.86. The highest BCUT2D eigenvalue weighted by Gasteiger charge is 2.15. The van der Waals surface area contributed by atoms with Crippen LogP contribution in [0.4, 0.5) is 0 Å². The number of hydrogen-bond acceptors (Lipinski definition) is 2. The monoisotopic (exact) mass is 405 g/mol. The van der Waals surface area contributed by atoms with Crippen molar-refractivity contribution in [1.29, 1.82) is 0 Å². The molecular formula is C14H13ClINOS. The van der Waals surface area contributed by atoms with Gasteiger partial charge in [-0.1, -0.05) is 30.7 Å². The van der Waals surface area contributed by atoms with E-state index in [0.717, 1.165) is 20.4 Å². The summed E-state index contributed by atoms with van der Waals surface area (Å²) in [5.74, 6) is -0.0269. The molecule has 0 aliphatic carbocycles. The lowest BCUT2D eigenvalue weighted by Crippen LogP contribution is -2.27. The first-order valence-electron chi connectivity index (χ1n) is 5.90. The Morgan fingerprint density at radius 1 is 1.42 bits per heavy atom. The molecule has 0 aliphatic heterocycles. The zero-order chi connectivity index (χ0) is 13.8. The van der Waals surface area contributed by atoms with Gasteiger partial charge in [-0.25, -0.2) is 0 Å². The van der Waals surface area contributed by atoms with Gasteiger partial charge in [0.15, 0.2) is 0 Å². The van der Waals surface area contributed by atoms with Crippen molar-refractivity contribution < 1.29 is 4.79 Å². The molecule has 1 atom stereocenters. The molecule has 0 saturated carbocycles. The predicted octanol–water partition coefficient (Wildman–Crippen LogP) is 4.89. The number of benzene rings is 1. The van der Waals surface area contributed by atoms with Gasteiger partial charge in [0.1, 0.15) is 0 Å². The van der Waals surface area contributed by atoms with Crippen LogP contribution >= 0.6 is 45.5 Å². The molecule has 1 N–H and O–H groups in total. The van der Waals surface area contributed by atoms with Gasteiger partial charge in [0.25, 0.3) is 5.91 Å². The van der Waals surface area contributed by atoms with Crippen molar-refractivity contribution in [1.82, 2.24) is 5.32 Å². The van der Waals surface area contributed by atoms with Crippen LogP contribution < -0.4 is 5.32 Å². The Morgan fingerprint density at radius 2 is 2.11 bits per heavy atom. The van der Waals surface area contributed by atoms with E-state index in [0.29, 0.717) is 5.02 Å². The molecule has 19 heavy (non-hydrogen) atoms. The highest BCUT2D eigenvalue weighted by molar-refractivity contribution is 14.1. The van der Waals surface area contributed by atoms with E-state index in [9.17, 15) is 4.79 Å². The molecule has 5 heteroatoms. The molecule has 1 aromatic heterocycles. The molecule has 0 bridgehead atoms. The van der Waals surface area contributed by atoms with Gasteiger partial charge in [0.05, 0.1) is 14.5 Å². The summed E-state index contributed by atoms with van der Waals surface area (Å²) in [4.78, 5) is 12.1. The fourth-order valence-electron chi connectivity index (χ4n) is 1.79. The quantitative estimate of drug-likeness (QED) is 0.721. The first kappa shape index (κ1) is 14.8. The Morgan fingerprint density at radius 3 is 2.63 bits per heavy atom. The number of amides is 1.